The summed E-state index contributed by atoms with van der Waals surface area (Å²) in [6.07, 6.45) is 2.32. The van der Waals surface area contributed by atoms with Crippen LogP contribution in [0, 0.1) is 11.3 Å². The van der Waals surface area contributed by atoms with E-state index in [4.69, 9.17) is 26.8 Å². The van der Waals surface area contributed by atoms with Crippen LogP contribution in [0.3, 0.4) is 0 Å². The van der Waals surface area contributed by atoms with Gasteiger partial charge in [-0.3, -0.25) is 0 Å². The number of allylic oxidation sites excluding steroid dienone is 2. The van der Waals surface area contributed by atoms with E-state index in [2.05, 4.69) is 18.5 Å². The summed E-state index contributed by atoms with van der Waals surface area (Å²) < 4.78 is 10.7. The van der Waals surface area contributed by atoms with Crippen LogP contribution in [0.5, 0.6) is 0 Å². The molecule has 148 valence electrons. The molecule has 1 aliphatic heterocycles. The molecule has 6 nitrogen and oxygen atoms in total. The molecular formula is C22H20ClN3O3. The van der Waals surface area contributed by atoms with Crippen LogP contribution in [0.15, 0.2) is 59.7 Å². The molecule has 2 N–H and O–H groups in total. The number of benzene rings is 1. The van der Waals surface area contributed by atoms with E-state index >= 15 is 0 Å². The molecule has 0 aliphatic carbocycles. The minimum Gasteiger partial charge on any atom is -0.458 e. The number of nitrogens with two attached hydrogens (primary N) is 1. The molecule has 2 heterocycles. The first kappa shape index (κ1) is 20.4. The highest BCUT2D eigenvalue weighted by Gasteiger charge is 2.37. The second-order valence-electron chi connectivity index (χ2n) is 6.53. The van der Waals surface area contributed by atoms with E-state index in [0.717, 1.165) is 22.9 Å². The maximum absolute atomic E-state index is 12.8. The fourth-order valence-corrected chi connectivity index (χ4v) is 3.57. The van der Waals surface area contributed by atoms with Crippen molar-refractivity contribution in [3.8, 4) is 6.07 Å². The molecule has 0 spiro atoms. The van der Waals surface area contributed by atoms with Crippen molar-refractivity contribution in [3.05, 3.63) is 76.0 Å². The highest BCUT2D eigenvalue weighted by Crippen LogP contribution is 2.42. The summed E-state index contributed by atoms with van der Waals surface area (Å²) >= 11 is 6.49. The maximum atomic E-state index is 12.8. The lowest BCUT2D eigenvalue weighted by molar-refractivity contribution is -0.138. The van der Waals surface area contributed by atoms with Crippen LogP contribution in [0.2, 0.25) is 5.15 Å². The summed E-state index contributed by atoms with van der Waals surface area (Å²) in [5.74, 6) is -1.31. The number of hydrogen-bond acceptors (Lipinski definition) is 6. The molecule has 0 amide bonds. The second-order valence-corrected chi connectivity index (χ2v) is 6.89. The lowest BCUT2D eigenvalue weighted by Gasteiger charge is -2.27. The van der Waals surface area contributed by atoms with Gasteiger partial charge in [-0.2, -0.15) is 5.26 Å². The Morgan fingerprint density at radius 3 is 2.90 bits per heavy atom. The number of halogens is 1. The number of carbonyl (C=O) groups excluding carboxylic acids is 1. The zero-order valence-electron chi connectivity index (χ0n) is 16.2. The quantitative estimate of drug-likeness (QED) is 0.450. The molecule has 1 aliphatic rings. The Balaban J connectivity index is 2.23. The van der Waals surface area contributed by atoms with Gasteiger partial charge in [0.15, 0.2) is 0 Å². The minimum absolute atomic E-state index is 0.0208. The molecule has 0 fully saturated rings. The fourth-order valence-electron chi connectivity index (χ4n) is 3.31. The number of hydrogen-bond donors (Lipinski definition) is 1. The highest BCUT2D eigenvalue weighted by atomic mass is 35.5. The molecule has 2 aromatic rings. The van der Waals surface area contributed by atoms with E-state index in [1.807, 2.05) is 30.3 Å². The first-order valence-corrected chi connectivity index (χ1v) is 9.44. The smallest absolute Gasteiger partial charge is 0.338 e. The fraction of sp³-hybridized carbons (Fsp3) is 0.227. The molecule has 0 bridgehead atoms. The normalized spacial score (nSPS) is 16.4. The van der Waals surface area contributed by atoms with Crippen molar-refractivity contribution in [3.63, 3.8) is 0 Å². The van der Waals surface area contributed by atoms with Gasteiger partial charge in [-0.25, -0.2) is 9.78 Å². The van der Waals surface area contributed by atoms with E-state index in [0.29, 0.717) is 5.56 Å². The number of nitriles is 1. The van der Waals surface area contributed by atoms with E-state index in [9.17, 15) is 10.1 Å². The number of carbonyl (C=O) groups is 1. The number of esters is 1. The summed E-state index contributed by atoms with van der Waals surface area (Å²) in [6, 6.07) is 9.76. The lowest BCUT2D eigenvalue weighted by Crippen LogP contribution is -2.26. The molecule has 7 heteroatoms. The third-order valence-electron chi connectivity index (χ3n) is 4.74. The van der Waals surface area contributed by atoms with E-state index < -0.39 is 11.9 Å². The lowest BCUT2D eigenvalue weighted by atomic mass is 9.83. The number of aromatic nitrogens is 1. The summed E-state index contributed by atoms with van der Waals surface area (Å²) in [4.78, 5) is 17.2. The van der Waals surface area contributed by atoms with Gasteiger partial charge in [0, 0.05) is 10.9 Å². The molecule has 29 heavy (non-hydrogen) atoms. The summed E-state index contributed by atoms with van der Waals surface area (Å²) in [6.45, 7) is 7.22. The van der Waals surface area contributed by atoms with Crippen LogP contribution in [0.4, 0.5) is 0 Å². The summed E-state index contributed by atoms with van der Waals surface area (Å²) in [5.41, 5.74) is 8.52. The monoisotopic (exact) mass is 409 g/mol. The predicted molar refractivity (Wildman–Crippen MR) is 111 cm³/mol. The third kappa shape index (κ3) is 3.82. The molecule has 0 saturated carbocycles. The molecule has 1 aromatic heterocycles. The Kier molecular flexibility index (Phi) is 5.90. The average molecular weight is 410 g/mol. The molecule has 0 radical (unpaired) electrons. The van der Waals surface area contributed by atoms with Crippen LogP contribution in [0.1, 0.15) is 30.9 Å². The number of pyridine rings is 1. The Morgan fingerprint density at radius 1 is 1.48 bits per heavy atom. The van der Waals surface area contributed by atoms with Gasteiger partial charge in [0.25, 0.3) is 0 Å². The van der Waals surface area contributed by atoms with Gasteiger partial charge in [0.05, 0.1) is 17.0 Å². The standard InChI is InChI=1S/C22H20ClN3O3/c1-4-8-28-22(27)18-12(3)29-21(25)16(11-24)19(18)15-10-14-9-13(5-2)6-7-17(14)26-20(15)23/h4,6-7,9-10,19H,1,5,8,25H2,2-3H3/t19-/m1/s1. The number of ether oxygens (including phenoxy) is 2. The van der Waals surface area contributed by atoms with Crippen molar-refractivity contribution in [2.75, 3.05) is 6.61 Å². The number of fused-ring (bicyclic) bond motifs is 1. The van der Waals surface area contributed by atoms with Gasteiger partial charge >= 0.3 is 5.97 Å². The Labute approximate surface area is 173 Å². The molecule has 0 unspecified atom stereocenters. The minimum atomic E-state index is -0.847. The van der Waals surface area contributed by atoms with E-state index in [1.165, 1.54) is 6.08 Å². The zero-order valence-corrected chi connectivity index (χ0v) is 16.9. The van der Waals surface area contributed by atoms with Gasteiger partial charge in [-0.15, -0.1) is 0 Å². The molecule has 1 aromatic carbocycles. The summed E-state index contributed by atoms with van der Waals surface area (Å²) in [5, 5.41) is 10.7. The van der Waals surface area contributed by atoms with Crippen molar-refractivity contribution in [1.29, 1.82) is 5.26 Å². The zero-order chi connectivity index (χ0) is 21.1. The van der Waals surface area contributed by atoms with Gasteiger partial charge in [0.1, 0.15) is 29.2 Å². The molecule has 3 rings (SSSR count). The SMILES string of the molecule is C=CCOC(=O)C1=C(C)OC(N)=C(C#N)[C@H]1c1cc2cc(CC)ccc2nc1Cl. The second kappa shape index (κ2) is 8.38. The molecule has 0 saturated heterocycles. The van der Waals surface area contributed by atoms with E-state index in [1.54, 1.807) is 6.92 Å². The highest BCUT2D eigenvalue weighted by molar-refractivity contribution is 6.30. The van der Waals surface area contributed by atoms with Crippen molar-refractivity contribution in [2.24, 2.45) is 5.73 Å². The van der Waals surface area contributed by atoms with Crippen LogP contribution in [0.25, 0.3) is 10.9 Å². The Bertz CT molecular complexity index is 1110. The van der Waals surface area contributed by atoms with Crippen LogP contribution in [-0.4, -0.2) is 17.6 Å². The number of rotatable bonds is 5. The summed E-state index contributed by atoms with van der Waals surface area (Å²) in [7, 11) is 0. The largest absolute Gasteiger partial charge is 0.458 e. The van der Waals surface area contributed by atoms with E-state index in [-0.39, 0.29) is 34.5 Å². The van der Waals surface area contributed by atoms with Crippen molar-refractivity contribution >= 4 is 28.5 Å². The first-order chi connectivity index (χ1) is 13.9. The Morgan fingerprint density at radius 2 is 2.24 bits per heavy atom. The molecular weight excluding hydrogens is 390 g/mol. The Hall–Kier alpha value is -3.30. The predicted octanol–water partition coefficient (Wildman–Crippen LogP) is 4.26. The maximum Gasteiger partial charge on any atom is 0.338 e. The van der Waals surface area contributed by atoms with Gasteiger partial charge in [-0.1, -0.05) is 37.2 Å². The first-order valence-electron chi connectivity index (χ1n) is 9.06. The van der Waals surface area contributed by atoms with Crippen molar-refractivity contribution in [2.45, 2.75) is 26.2 Å². The molecule has 1 atom stereocenters. The van der Waals surface area contributed by atoms with Crippen LogP contribution >= 0.6 is 11.6 Å². The van der Waals surface area contributed by atoms with Gasteiger partial charge in [0.2, 0.25) is 5.88 Å². The number of aryl methyl sites for hydroxylation is 1. The van der Waals surface area contributed by atoms with Crippen LogP contribution < -0.4 is 5.73 Å². The number of nitrogens with zero attached hydrogens (tertiary/aromatic N) is 2. The van der Waals surface area contributed by atoms with Crippen molar-refractivity contribution in [1.82, 2.24) is 4.98 Å². The van der Waals surface area contributed by atoms with Gasteiger partial charge < -0.3 is 15.2 Å². The third-order valence-corrected chi connectivity index (χ3v) is 5.04. The topological polar surface area (TPSA) is 98.2 Å². The van der Waals surface area contributed by atoms with Crippen molar-refractivity contribution < 1.29 is 14.3 Å². The van der Waals surface area contributed by atoms with Gasteiger partial charge in [-0.05, 0) is 37.1 Å². The van der Waals surface area contributed by atoms with Crippen LogP contribution in [-0.2, 0) is 20.7 Å². The average Bonchev–Trinajstić information content (AvgIpc) is 2.70.